The number of hydrogen-bond donors (Lipinski definition) is 3. The summed E-state index contributed by atoms with van der Waals surface area (Å²) in [5.41, 5.74) is 1.94. The van der Waals surface area contributed by atoms with Crippen molar-refractivity contribution in [1.29, 1.82) is 0 Å². The summed E-state index contributed by atoms with van der Waals surface area (Å²) >= 11 is 0. The molecule has 3 N–H and O–H groups in total. The predicted molar refractivity (Wildman–Crippen MR) is 115 cm³/mol. The molecule has 30 heavy (non-hydrogen) atoms. The molecule has 0 saturated heterocycles. The summed E-state index contributed by atoms with van der Waals surface area (Å²) in [4.78, 5) is 12.1. The number of phenols is 1. The van der Waals surface area contributed by atoms with E-state index in [9.17, 15) is 13.5 Å². The van der Waals surface area contributed by atoms with Crippen molar-refractivity contribution in [3.8, 4) is 5.75 Å². The molecule has 8 nitrogen and oxygen atoms in total. The molecule has 4 aromatic rings. The lowest BCUT2D eigenvalue weighted by Crippen LogP contribution is -2.15. The first kappa shape index (κ1) is 19.6. The van der Waals surface area contributed by atoms with Gasteiger partial charge in [-0.2, -0.15) is 0 Å². The minimum absolute atomic E-state index is 0.00807. The first-order valence-electron chi connectivity index (χ1n) is 9.17. The van der Waals surface area contributed by atoms with Gasteiger partial charge in [0.2, 0.25) is 5.95 Å². The van der Waals surface area contributed by atoms with Crippen LogP contribution in [0.15, 0.2) is 78.1 Å². The molecule has 0 radical (unpaired) electrons. The fourth-order valence-electron chi connectivity index (χ4n) is 3.08. The third-order valence-electron chi connectivity index (χ3n) is 4.58. The minimum Gasteiger partial charge on any atom is -0.505 e. The number of phenolic OH excluding ortho intramolecular Hbond substituents is 1. The highest BCUT2D eigenvalue weighted by Gasteiger charge is 2.17. The molecule has 0 aliphatic rings. The van der Waals surface area contributed by atoms with Gasteiger partial charge in [0, 0.05) is 35.2 Å². The van der Waals surface area contributed by atoms with E-state index >= 15 is 0 Å². The number of nitrogens with one attached hydrogen (secondary N) is 2. The maximum atomic E-state index is 12.5. The highest BCUT2D eigenvalue weighted by Crippen LogP contribution is 2.32. The molecule has 0 aliphatic heterocycles. The molecular weight excluding hydrogens is 402 g/mol. The number of rotatable bonds is 6. The molecule has 0 aliphatic carbocycles. The van der Waals surface area contributed by atoms with Gasteiger partial charge in [-0.05, 0) is 43.3 Å². The van der Waals surface area contributed by atoms with Crippen LogP contribution in [0.25, 0.3) is 10.9 Å². The summed E-state index contributed by atoms with van der Waals surface area (Å²) in [5, 5.41) is 14.7. The Labute approximate surface area is 173 Å². The summed E-state index contributed by atoms with van der Waals surface area (Å²) < 4.78 is 27.3. The van der Waals surface area contributed by atoms with Crippen molar-refractivity contribution < 1.29 is 13.5 Å². The zero-order valence-electron chi connectivity index (χ0n) is 16.0. The summed E-state index contributed by atoms with van der Waals surface area (Å²) in [5.74, 6) is 0.132. The lowest BCUT2D eigenvalue weighted by molar-refractivity contribution is 0.470. The topological polar surface area (TPSA) is 117 Å². The molecule has 0 unspecified atom stereocenters. The number of anilines is 2. The average molecular weight is 421 g/mol. The largest absolute Gasteiger partial charge is 0.505 e. The first-order valence-corrected chi connectivity index (χ1v) is 10.7. The molecule has 0 spiro atoms. The van der Waals surface area contributed by atoms with E-state index in [1.807, 2.05) is 31.2 Å². The van der Waals surface area contributed by atoms with Crippen LogP contribution in [0.3, 0.4) is 0 Å². The van der Waals surface area contributed by atoms with E-state index in [0.717, 1.165) is 5.39 Å². The normalized spacial score (nSPS) is 12.4. The Bertz CT molecular complexity index is 1280. The maximum absolute atomic E-state index is 12.5. The van der Waals surface area contributed by atoms with Gasteiger partial charge in [-0.1, -0.05) is 18.2 Å². The number of hydrogen-bond acceptors (Lipinski definition) is 7. The fraction of sp³-hybridized carbons (Fsp3) is 0.0952. The smallest absolute Gasteiger partial charge is 0.264 e. The highest BCUT2D eigenvalue weighted by atomic mass is 32.2. The van der Waals surface area contributed by atoms with E-state index in [-0.39, 0.29) is 22.6 Å². The van der Waals surface area contributed by atoms with E-state index in [2.05, 4.69) is 25.0 Å². The SMILES string of the molecule is C[C@@H](Nc1ccc(S(=O)(=O)Nc2ncccn2)cc1)c1ccc2cccnc2c1O. The van der Waals surface area contributed by atoms with Crippen molar-refractivity contribution in [3.63, 3.8) is 0 Å². The average Bonchev–Trinajstić information content (AvgIpc) is 2.75. The Balaban J connectivity index is 1.51. The maximum Gasteiger partial charge on any atom is 0.264 e. The van der Waals surface area contributed by atoms with Gasteiger partial charge in [-0.3, -0.25) is 4.98 Å². The quantitative estimate of drug-likeness (QED) is 0.434. The zero-order chi connectivity index (χ0) is 21.1. The van der Waals surface area contributed by atoms with Gasteiger partial charge in [0.05, 0.1) is 10.9 Å². The first-order chi connectivity index (χ1) is 14.4. The second-order valence-electron chi connectivity index (χ2n) is 6.65. The fourth-order valence-corrected chi connectivity index (χ4v) is 4.04. The monoisotopic (exact) mass is 421 g/mol. The van der Waals surface area contributed by atoms with Crippen molar-refractivity contribution in [2.45, 2.75) is 17.9 Å². The summed E-state index contributed by atoms with van der Waals surface area (Å²) in [6, 6.07) is 15.1. The van der Waals surface area contributed by atoms with Crippen molar-refractivity contribution >= 4 is 32.6 Å². The summed E-state index contributed by atoms with van der Waals surface area (Å²) in [6.07, 6.45) is 4.55. The summed E-state index contributed by atoms with van der Waals surface area (Å²) in [6.45, 7) is 1.91. The number of aromatic nitrogens is 3. The van der Waals surface area contributed by atoms with E-state index in [0.29, 0.717) is 16.8 Å². The van der Waals surface area contributed by atoms with Crippen molar-refractivity contribution in [3.05, 3.63) is 78.8 Å². The molecule has 2 aromatic carbocycles. The van der Waals surface area contributed by atoms with Gasteiger partial charge in [-0.15, -0.1) is 0 Å². The lowest BCUT2D eigenvalue weighted by atomic mass is 10.0. The molecule has 0 saturated carbocycles. The molecule has 0 amide bonds. The van der Waals surface area contributed by atoms with Crippen LogP contribution >= 0.6 is 0 Å². The number of pyridine rings is 1. The van der Waals surface area contributed by atoms with Gasteiger partial charge in [0.25, 0.3) is 10.0 Å². The van der Waals surface area contributed by atoms with Crippen LogP contribution in [0, 0.1) is 0 Å². The number of fused-ring (bicyclic) bond motifs is 1. The van der Waals surface area contributed by atoms with Gasteiger partial charge in [-0.25, -0.2) is 23.1 Å². The lowest BCUT2D eigenvalue weighted by Gasteiger charge is -2.18. The second-order valence-corrected chi connectivity index (χ2v) is 8.33. The zero-order valence-corrected chi connectivity index (χ0v) is 16.8. The Morgan fingerprint density at radius 1 is 0.900 bits per heavy atom. The standard InChI is InChI=1S/C21H19N5O3S/c1-14(18-10-5-15-4-2-11-22-19(15)20(18)27)25-16-6-8-17(9-7-16)30(28,29)26-21-23-12-3-13-24-21/h2-14,25,27H,1H3,(H,23,24,26)/t14-/m1/s1. The van der Waals surface area contributed by atoms with Gasteiger partial charge in [0.1, 0.15) is 11.3 Å². The van der Waals surface area contributed by atoms with E-state index in [1.54, 1.807) is 24.4 Å². The number of sulfonamides is 1. The second kappa shape index (κ2) is 7.96. The van der Waals surface area contributed by atoms with Crippen LogP contribution < -0.4 is 10.0 Å². The minimum atomic E-state index is -3.79. The van der Waals surface area contributed by atoms with Gasteiger partial charge >= 0.3 is 0 Å². The number of nitrogens with zero attached hydrogens (tertiary/aromatic N) is 3. The van der Waals surface area contributed by atoms with Crippen molar-refractivity contribution in [1.82, 2.24) is 15.0 Å². The summed E-state index contributed by atoms with van der Waals surface area (Å²) in [7, 11) is -3.79. The molecule has 0 fully saturated rings. The van der Waals surface area contributed by atoms with Crippen LogP contribution in [0.5, 0.6) is 5.75 Å². The molecule has 152 valence electrons. The Kier molecular flexibility index (Phi) is 5.20. The molecule has 9 heteroatoms. The predicted octanol–water partition coefficient (Wildman–Crippen LogP) is 3.70. The third kappa shape index (κ3) is 4.01. The highest BCUT2D eigenvalue weighted by molar-refractivity contribution is 7.92. The molecule has 2 aromatic heterocycles. The van der Waals surface area contributed by atoms with Gasteiger partial charge < -0.3 is 10.4 Å². The van der Waals surface area contributed by atoms with Crippen LogP contribution in [0.4, 0.5) is 11.6 Å². The van der Waals surface area contributed by atoms with Crippen molar-refractivity contribution in [2.75, 3.05) is 10.0 Å². The Morgan fingerprint density at radius 2 is 1.60 bits per heavy atom. The van der Waals surface area contributed by atoms with Crippen molar-refractivity contribution in [2.24, 2.45) is 0 Å². The third-order valence-corrected chi connectivity index (χ3v) is 5.93. The molecular formula is C21H19N5O3S. The molecule has 0 bridgehead atoms. The number of aromatic hydroxyl groups is 1. The van der Waals surface area contributed by atoms with Crippen LogP contribution in [0.1, 0.15) is 18.5 Å². The van der Waals surface area contributed by atoms with E-state index < -0.39 is 10.0 Å². The Morgan fingerprint density at radius 3 is 2.33 bits per heavy atom. The molecule has 1 atom stereocenters. The Hall–Kier alpha value is -3.72. The molecule has 2 heterocycles. The van der Waals surface area contributed by atoms with Crippen LogP contribution in [-0.4, -0.2) is 28.5 Å². The van der Waals surface area contributed by atoms with Crippen LogP contribution in [0.2, 0.25) is 0 Å². The van der Waals surface area contributed by atoms with Gasteiger partial charge in [0.15, 0.2) is 0 Å². The van der Waals surface area contributed by atoms with Crippen LogP contribution in [-0.2, 0) is 10.0 Å². The van der Waals surface area contributed by atoms with E-state index in [1.165, 1.54) is 24.5 Å². The number of benzene rings is 2. The van der Waals surface area contributed by atoms with E-state index in [4.69, 9.17) is 0 Å². The molecule has 4 rings (SSSR count).